The van der Waals surface area contributed by atoms with Gasteiger partial charge in [-0.2, -0.15) is 0 Å². The highest BCUT2D eigenvalue weighted by Gasteiger charge is 2.62. The van der Waals surface area contributed by atoms with Gasteiger partial charge in [0.15, 0.2) is 0 Å². The number of alkyl carbamates (subject to hydrolysis) is 1. The number of hydrogen-bond acceptors (Lipinski definition) is 13. The smallest absolute Gasteiger partial charge is 0.410 e. The summed E-state index contributed by atoms with van der Waals surface area (Å²) in [5.74, 6) is -1.96. The van der Waals surface area contributed by atoms with Crippen LogP contribution in [0.4, 0.5) is 14.4 Å². The largest absolute Gasteiger partial charge is 0.494 e. The molecule has 6 amide bonds. The second-order valence-corrected chi connectivity index (χ2v) is 20.5. The lowest BCUT2D eigenvalue weighted by atomic mass is 10.0. The number of rotatable bonds is 11. The van der Waals surface area contributed by atoms with Gasteiger partial charge in [0, 0.05) is 38.5 Å². The Labute approximate surface area is 374 Å². The normalized spacial score (nSPS) is 26.3. The fraction of sp³-hybridized carbons (Fsp3) is 0.682. The molecule has 0 aromatic heterocycles. The zero-order valence-electron chi connectivity index (χ0n) is 37.0. The predicted octanol–water partition coefficient (Wildman–Crippen LogP) is 3.63. The molecule has 0 spiro atoms. The molecule has 1 unspecified atom stereocenters. The van der Waals surface area contributed by atoms with Crippen LogP contribution in [0.1, 0.15) is 103 Å². The highest BCUT2D eigenvalue weighted by molar-refractivity contribution is 7.91. The van der Waals surface area contributed by atoms with Gasteiger partial charge in [-0.15, -0.1) is 0 Å². The number of carbonyl (C=O) groups excluding carboxylic acids is 6. The minimum Gasteiger partial charge on any atom is -0.494 e. The van der Waals surface area contributed by atoms with Crippen molar-refractivity contribution in [3.63, 3.8) is 0 Å². The van der Waals surface area contributed by atoms with E-state index >= 15 is 0 Å². The molecule has 2 saturated heterocycles. The fourth-order valence-electron chi connectivity index (χ4n) is 8.49. The van der Waals surface area contributed by atoms with E-state index in [1.54, 1.807) is 25.7 Å². The van der Waals surface area contributed by atoms with Crippen LogP contribution in [-0.2, 0) is 56.4 Å². The highest BCUT2D eigenvalue weighted by Crippen LogP contribution is 2.46. The lowest BCUT2D eigenvalue weighted by molar-refractivity contribution is -0.141. The third kappa shape index (κ3) is 12.0. The van der Waals surface area contributed by atoms with Gasteiger partial charge in [0.1, 0.15) is 35.1 Å². The number of benzene rings is 1. The molecule has 4 fully saturated rings. The number of nitrogens with one attached hydrogen (secondary N) is 3. The van der Waals surface area contributed by atoms with Gasteiger partial charge < -0.3 is 44.1 Å². The Morgan fingerprint density at radius 1 is 0.938 bits per heavy atom. The summed E-state index contributed by atoms with van der Waals surface area (Å²) in [5, 5.41) is 4.87. The van der Waals surface area contributed by atoms with Crippen LogP contribution in [0.5, 0.6) is 5.75 Å². The summed E-state index contributed by atoms with van der Waals surface area (Å²) >= 11 is 0. The van der Waals surface area contributed by atoms with Crippen LogP contribution in [0.3, 0.4) is 0 Å². The summed E-state index contributed by atoms with van der Waals surface area (Å²) in [4.78, 5) is 86.0. The minimum absolute atomic E-state index is 0.105. The van der Waals surface area contributed by atoms with Crippen molar-refractivity contribution in [1.29, 1.82) is 0 Å². The first-order valence-electron chi connectivity index (χ1n) is 22.6. The molecule has 0 bridgehead atoms. The van der Waals surface area contributed by atoms with E-state index in [1.165, 1.54) is 9.80 Å². The first-order valence-corrected chi connectivity index (χ1v) is 24.1. The number of fused-ring (bicyclic) bond motifs is 3. The molecule has 19 nitrogen and oxygen atoms in total. The number of carbonyl (C=O) groups is 6. The summed E-state index contributed by atoms with van der Waals surface area (Å²) in [5.41, 5.74) is -0.623. The zero-order chi connectivity index (χ0) is 45.6. The molecule has 20 heteroatoms. The maximum Gasteiger partial charge on any atom is 0.410 e. The SMILES string of the molecule is CC(C)(C)OC(=O)N[C@H]1CCCCCC=C[C@@H]2C[C@@]2(C(=O)NS(=O)(=O)C2CC2)NC(=O)C2C[C@@H](OC(=O)N3Cc4ccc(OCCCCOC(=O)N5CCOCC5)cc4C3)CN2C1=O. The molecule has 2 aliphatic carbocycles. The Morgan fingerprint density at radius 3 is 2.44 bits per heavy atom. The molecule has 5 atom stereocenters. The van der Waals surface area contributed by atoms with E-state index in [9.17, 15) is 37.2 Å². The average molecular weight is 915 g/mol. The average Bonchev–Trinajstić information content (AvgIpc) is 4.14. The van der Waals surface area contributed by atoms with Crippen LogP contribution in [0, 0.1) is 5.92 Å². The number of morpholine rings is 1. The van der Waals surface area contributed by atoms with Crippen molar-refractivity contribution in [3.8, 4) is 5.75 Å². The number of amides is 6. The molecule has 3 N–H and O–H groups in total. The molecule has 1 aromatic carbocycles. The monoisotopic (exact) mass is 914 g/mol. The van der Waals surface area contributed by atoms with Crippen LogP contribution in [0.15, 0.2) is 30.4 Å². The first-order chi connectivity index (χ1) is 30.5. The minimum atomic E-state index is -3.93. The van der Waals surface area contributed by atoms with Crippen molar-refractivity contribution in [2.45, 2.75) is 139 Å². The van der Waals surface area contributed by atoms with Gasteiger partial charge in [0.2, 0.25) is 21.8 Å². The summed E-state index contributed by atoms with van der Waals surface area (Å²) in [6.07, 6.45) is 6.25. The van der Waals surface area contributed by atoms with Crippen LogP contribution in [0.2, 0.25) is 0 Å². The molecule has 1 aromatic rings. The third-order valence-corrected chi connectivity index (χ3v) is 14.1. The molecule has 352 valence electrons. The van der Waals surface area contributed by atoms with Crippen molar-refractivity contribution >= 4 is 46.0 Å². The van der Waals surface area contributed by atoms with E-state index in [0.29, 0.717) is 77.2 Å². The number of hydrogen-bond donors (Lipinski definition) is 3. The Balaban J connectivity index is 0.995. The maximum atomic E-state index is 14.5. The summed E-state index contributed by atoms with van der Waals surface area (Å²) < 4.78 is 56.0. The number of nitrogens with zero attached hydrogens (tertiary/aromatic N) is 3. The number of sulfonamides is 1. The van der Waals surface area contributed by atoms with Gasteiger partial charge in [-0.1, -0.05) is 31.1 Å². The Kier molecular flexibility index (Phi) is 14.6. The standard InChI is InChI=1S/C44H62N6O13S/c1-43(2,3)63-40(54)45-35-12-8-6-4-5-7-11-31-25-44(31,39(53)47-64(57,58)34-15-16-34)46-37(51)36-24-33(28-50(36)38(35)52)62-42(56)49-26-29-13-14-32(23-30(29)27-49)60-19-9-10-20-61-41(55)48-17-21-59-22-18-48/h7,11,13-14,23,31,33-36H,4-6,8-10,12,15-22,24-28H2,1-3H3,(H,45,54)(H,46,51)(H,47,53)/t31-,33-,35+,36?,44-/m1/s1. The predicted molar refractivity (Wildman–Crippen MR) is 229 cm³/mol. The summed E-state index contributed by atoms with van der Waals surface area (Å²) in [7, 11) is -3.93. The van der Waals surface area contributed by atoms with E-state index in [2.05, 4.69) is 15.4 Å². The van der Waals surface area contributed by atoms with Crippen molar-refractivity contribution < 1.29 is 60.9 Å². The second kappa shape index (κ2) is 20.0. The van der Waals surface area contributed by atoms with Gasteiger partial charge in [0.05, 0.1) is 38.2 Å². The van der Waals surface area contributed by atoms with Crippen LogP contribution in [0.25, 0.3) is 0 Å². The Bertz CT molecular complexity index is 2070. The molecule has 4 aliphatic heterocycles. The number of unbranched alkanes of at least 4 members (excludes halogenated alkanes) is 1. The van der Waals surface area contributed by atoms with E-state index in [0.717, 1.165) is 24.0 Å². The zero-order valence-corrected chi connectivity index (χ0v) is 37.8. The topological polar surface area (TPSA) is 229 Å². The summed E-state index contributed by atoms with van der Waals surface area (Å²) in [6, 6.07) is 3.29. The molecular weight excluding hydrogens is 853 g/mol. The number of ether oxygens (including phenoxy) is 5. The molecule has 64 heavy (non-hydrogen) atoms. The van der Waals surface area contributed by atoms with Gasteiger partial charge in [0.25, 0.3) is 5.91 Å². The third-order valence-electron chi connectivity index (χ3n) is 12.3. The van der Waals surface area contributed by atoms with Crippen LogP contribution in [-0.4, -0.2) is 140 Å². The van der Waals surface area contributed by atoms with Gasteiger partial charge in [-0.25, -0.2) is 22.8 Å². The maximum absolute atomic E-state index is 14.5. The van der Waals surface area contributed by atoms with Crippen molar-refractivity contribution in [2.24, 2.45) is 5.92 Å². The quantitative estimate of drug-likeness (QED) is 0.164. The lowest BCUT2D eigenvalue weighted by Gasteiger charge is -2.30. The van der Waals surface area contributed by atoms with E-state index < -0.39 is 80.4 Å². The molecule has 7 rings (SSSR count). The van der Waals surface area contributed by atoms with Crippen molar-refractivity contribution in [1.82, 2.24) is 30.1 Å². The first kappa shape index (κ1) is 46.9. The second-order valence-electron chi connectivity index (χ2n) is 18.5. The van der Waals surface area contributed by atoms with Crippen LogP contribution < -0.4 is 20.1 Å². The Morgan fingerprint density at radius 2 is 1.69 bits per heavy atom. The van der Waals surface area contributed by atoms with Gasteiger partial charge >= 0.3 is 18.3 Å². The van der Waals surface area contributed by atoms with Crippen molar-refractivity contribution in [2.75, 3.05) is 46.1 Å². The molecule has 2 saturated carbocycles. The number of allylic oxidation sites excluding steroid dienone is 1. The highest BCUT2D eigenvalue weighted by atomic mass is 32.2. The van der Waals surface area contributed by atoms with Crippen LogP contribution >= 0.6 is 0 Å². The van der Waals surface area contributed by atoms with Gasteiger partial charge in [-0.3, -0.25) is 24.0 Å². The van der Waals surface area contributed by atoms with E-state index in [-0.39, 0.29) is 51.6 Å². The van der Waals surface area contributed by atoms with E-state index in [4.69, 9.17) is 23.7 Å². The summed E-state index contributed by atoms with van der Waals surface area (Å²) in [6.45, 7) is 8.18. The lowest BCUT2D eigenvalue weighted by Crippen LogP contribution is -2.58. The molecule has 0 radical (unpaired) electrons. The van der Waals surface area contributed by atoms with Crippen molar-refractivity contribution in [3.05, 3.63) is 41.5 Å². The molecular formula is C44H62N6O13S. The van der Waals surface area contributed by atoms with E-state index in [1.807, 2.05) is 30.4 Å². The Hall–Kier alpha value is -5.11. The molecule has 6 aliphatic rings. The van der Waals surface area contributed by atoms with Gasteiger partial charge in [-0.05, 0) is 95.4 Å². The fourth-order valence-corrected chi connectivity index (χ4v) is 9.86. The molecule has 4 heterocycles.